The summed E-state index contributed by atoms with van der Waals surface area (Å²) >= 11 is 0. The molecular formula is C46H40FNO5. The van der Waals surface area contributed by atoms with Gasteiger partial charge in [0.25, 0.3) is 0 Å². The number of carbonyl (C=O) groups is 2. The van der Waals surface area contributed by atoms with E-state index >= 15 is 0 Å². The van der Waals surface area contributed by atoms with E-state index in [-0.39, 0.29) is 23.7 Å². The molecule has 1 saturated heterocycles. The molecule has 5 aromatic carbocycles. The number of anilines is 1. The number of β-lactam (4-membered cyclic amide) rings is 1. The number of nitrogens with zero attached hydrogens (tertiary/aromatic N) is 1. The largest absolute Gasteiger partial charge is 0.458 e. The van der Waals surface area contributed by atoms with Gasteiger partial charge in [-0.05, 0) is 83.6 Å². The highest BCUT2D eigenvalue weighted by molar-refractivity contribution is 6.03. The fourth-order valence-electron chi connectivity index (χ4n) is 6.34. The second-order valence-corrected chi connectivity index (χ2v) is 12.7. The molecule has 5 aromatic rings. The van der Waals surface area contributed by atoms with Gasteiger partial charge in [-0.3, -0.25) is 9.59 Å². The van der Waals surface area contributed by atoms with Gasteiger partial charge >= 0.3 is 5.97 Å². The Kier molecular flexibility index (Phi) is 12.8. The Morgan fingerprint density at radius 1 is 0.717 bits per heavy atom. The van der Waals surface area contributed by atoms with Crippen molar-refractivity contribution in [3.05, 3.63) is 173 Å². The predicted octanol–water partition coefficient (Wildman–Crippen LogP) is 8.75. The molecule has 1 heterocycles. The third-order valence-corrected chi connectivity index (χ3v) is 8.94. The Hall–Kier alpha value is -5.99. The summed E-state index contributed by atoms with van der Waals surface area (Å²) in [6, 6.07) is 41.1. The SMILES string of the molecule is CC(=O)OC(CC[C@H]1C(=O)N(c2ccc(C#CCOCc3ccccc3)cc2)[C@@H]1c1ccc(C#CCOCc2ccccc2)cc1)c1ccc(F)cc1. The van der Waals surface area contributed by atoms with Crippen molar-refractivity contribution in [2.75, 3.05) is 18.1 Å². The molecule has 1 fully saturated rings. The van der Waals surface area contributed by atoms with Gasteiger partial charge in [0.2, 0.25) is 5.91 Å². The lowest BCUT2D eigenvalue weighted by Gasteiger charge is -2.48. The third-order valence-electron chi connectivity index (χ3n) is 8.94. The van der Waals surface area contributed by atoms with Crippen LogP contribution in [0.2, 0.25) is 0 Å². The summed E-state index contributed by atoms with van der Waals surface area (Å²) in [6.45, 7) is 2.95. The lowest BCUT2D eigenvalue weighted by atomic mass is 9.78. The van der Waals surface area contributed by atoms with Crippen molar-refractivity contribution < 1.29 is 28.2 Å². The summed E-state index contributed by atoms with van der Waals surface area (Å²) in [5, 5.41) is 0. The van der Waals surface area contributed by atoms with E-state index in [9.17, 15) is 14.0 Å². The zero-order valence-electron chi connectivity index (χ0n) is 29.5. The molecule has 0 saturated carbocycles. The van der Waals surface area contributed by atoms with Crippen LogP contribution < -0.4 is 4.90 Å². The Balaban J connectivity index is 1.15. The first-order chi connectivity index (χ1) is 25.9. The molecule has 6 nitrogen and oxygen atoms in total. The maximum Gasteiger partial charge on any atom is 0.303 e. The summed E-state index contributed by atoms with van der Waals surface area (Å²) in [7, 11) is 0. The molecule has 0 aromatic heterocycles. The average molecular weight is 706 g/mol. The predicted molar refractivity (Wildman–Crippen MR) is 203 cm³/mol. The molecule has 266 valence electrons. The summed E-state index contributed by atoms with van der Waals surface area (Å²) < 4.78 is 30.7. The van der Waals surface area contributed by atoms with Crippen molar-refractivity contribution >= 4 is 17.6 Å². The van der Waals surface area contributed by atoms with Crippen LogP contribution in [-0.2, 0) is 37.0 Å². The Bertz CT molecular complexity index is 2080. The summed E-state index contributed by atoms with van der Waals surface area (Å²) in [4.78, 5) is 27.7. The van der Waals surface area contributed by atoms with Crippen molar-refractivity contribution in [3.8, 4) is 23.7 Å². The maximum atomic E-state index is 13.9. The lowest BCUT2D eigenvalue weighted by molar-refractivity contribution is -0.147. The zero-order chi connectivity index (χ0) is 36.8. The third kappa shape index (κ3) is 10.3. The Morgan fingerprint density at radius 3 is 1.77 bits per heavy atom. The van der Waals surface area contributed by atoms with Crippen LogP contribution in [0.3, 0.4) is 0 Å². The first-order valence-corrected chi connectivity index (χ1v) is 17.6. The standard InChI is InChI=1S/C46H40FNO5/c1-34(49)53-44(39-22-24-41(47)25-23-39)29-28-43-45(40-20-16-35(17-21-40)14-8-30-51-32-37-10-4-2-5-11-37)48(46(43)50)42-26-18-36(19-27-42)15-9-31-52-33-38-12-6-3-7-13-38/h2-7,10-13,16-27,43-45H,28-33H2,1H3/t43-,44?,45-/m1/s1. The van der Waals surface area contributed by atoms with Crippen LogP contribution in [0, 0.1) is 35.4 Å². The average Bonchev–Trinajstić information content (AvgIpc) is 3.18. The molecule has 7 heteroatoms. The first kappa shape index (κ1) is 36.8. The fraction of sp³-hybridized carbons (Fsp3) is 0.217. The Morgan fingerprint density at radius 2 is 1.25 bits per heavy atom. The van der Waals surface area contributed by atoms with Crippen LogP contribution in [0.15, 0.2) is 133 Å². The second kappa shape index (κ2) is 18.5. The highest BCUT2D eigenvalue weighted by atomic mass is 19.1. The van der Waals surface area contributed by atoms with Crippen LogP contribution in [0.1, 0.15) is 65.3 Å². The van der Waals surface area contributed by atoms with Crippen molar-refractivity contribution in [3.63, 3.8) is 0 Å². The van der Waals surface area contributed by atoms with E-state index in [2.05, 4.69) is 23.7 Å². The summed E-state index contributed by atoms with van der Waals surface area (Å²) in [5.74, 6) is 11.2. The number of ether oxygens (including phenoxy) is 3. The molecule has 53 heavy (non-hydrogen) atoms. The quantitative estimate of drug-likeness (QED) is 0.0531. The van der Waals surface area contributed by atoms with Crippen LogP contribution >= 0.6 is 0 Å². The van der Waals surface area contributed by atoms with Crippen LogP contribution in [0.4, 0.5) is 10.1 Å². The van der Waals surface area contributed by atoms with Gasteiger partial charge in [-0.1, -0.05) is 109 Å². The molecule has 0 bridgehead atoms. The number of carbonyl (C=O) groups excluding carboxylic acids is 2. The first-order valence-electron chi connectivity index (χ1n) is 17.6. The van der Waals surface area contributed by atoms with E-state index < -0.39 is 12.1 Å². The van der Waals surface area contributed by atoms with Gasteiger partial charge in [0.1, 0.15) is 25.1 Å². The van der Waals surface area contributed by atoms with Crippen LogP contribution in [-0.4, -0.2) is 25.1 Å². The number of benzene rings is 5. The molecule has 1 aliphatic heterocycles. The van der Waals surface area contributed by atoms with Gasteiger partial charge in [-0.2, -0.15) is 0 Å². The van der Waals surface area contributed by atoms with E-state index in [0.29, 0.717) is 44.8 Å². The maximum absolute atomic E-state index is 13.9. The molecular weight excluding hydrogens is 666 g/mol. The topological polar surface area (TPSA) is 65.1 Å². The summed E-state index contributed by atoms with van der Waals surface area (Å²) in [5.41, 5.74) is 6.25. The van der Waals surface area contributed by atoms with Crippen molar-refractivity contribution in [2.45, 2.75) is 45.1 Å². The minimum Gasteiger partial charge on any atom is -0.458 e. The number of rotatable bonds is 13. The minimum absolute atomic E-state index is 0.0248. The van der Waals surface area contributed by atoms with E-state index in [4.69, 9.17) is 14.2 Å². The van der Waals surface area contributed by atoms with Crippen molar-refractivity contribution in [1.29, 1.82) is 0 Å². The number of hydrogen-bond donors (Lipinski definition) is 0. The molecule has 1 amide bonds. The monoisotopic (exact) mass is 705 g/mol. The number of esters is 1. The van der Waals surface area contributed by atoms with Gasteiger partial charge in [0, 0.05) is 23.7 Å². The molecule has 1 aliphatic rings. The number of amides is 1. The van der Waals surface area contributed by atoms with Gasteiger partial charge in [0.05, 0.1) is 25.2 Å². The van der Waals surface area contributed by atoms with E-state index in [1.807, 2.05) is 114 Å². The molecule has 6 rings (SSSR count). The smallest absolute Gasteiger partial charge is 0.303 e. The van der Waals surface area contributed by atoms with Crippen molar-refractivity contribution in [2.24, 2.45) is 5.92 Å². The lowest BCUT2D eigenvalue weighted by Crippen LogP contribution is -2.55. The highest BCUT2D eigenvalue weighted by Gasteiger charge is 2.48. The van der Waals surface area contributed by atoms with E-state index in [0.717, 1.165) is 33.5 Å². The molecule has 0 radical (unpaired) electrons. The highest BCUT2D eigenvalue weighted by Crippen LogP contribution is 2.46. The number of halogens is 1. The minimum atomic E-state index is -0.605. The molecule has 0 aliphatic carbocycles. The van der Waals surface area contributed by atoms with Gasteiger partial charge < -0.3 is 19.1 Å². The molecule has 0 spiro atoms. The van der Waals surface area contributed by atoms with E-state index in [1.165, 1.54) is 19.1 Å². The molecule has 3 atom stereocenters. The Labute approximate surface area is 310 Å². The van der Waals surface area contributed by atoms with Crippen LogP contribution in [0.5, 0.6) is 0 Å². The second-order valence-electron chi connectivity index (χ2n) is 12.7. The normalized spacial score (nSPS) is 15.3. The van der Waals surface area contributed by atoms with Gasteiger partial charge in [-0.25, -0.2) is 4.39 Å². The van der Waals surface area contributed by atoms with Gasteiger partial charge in [0.15, 0.2) is 0 Å². The van der Waals surface area contributed by atoms with Gasteiger partial charge in [-0.15, -0.1) is 0 Å². The number of hydrogen-bond acceptors (Lipinski definition) is 5. The fourth-order valence-corrected chi connectivity index (χ4v) is 6.34. The van der Waals surface area contributed by atoms with E-state index in [1.54, 1.807) is 12.1 Å². The zero-order valence-corrected chi connectivity index (χ0v) is 29.5. The summed E-state index contributed by atoms with van der Waals surface area (Å²) in [6.07, 6.45) is 0.258. The van der Waals surface area contributed by atoms with Crippen LogP contribution in [0.25, 0.3) is 0 Å². The van der Waals surface area contributed by atoms with Crippen molar-refractivity contribution in [1.82, 2.24) is 0 Å². The molecule has 1 unspecified atom stereocenters. The molecule has 0 N–H and O–H groups in total.